The molecule has 0 spiro atoms. The summed E-state index contributed by atoms with van der Waals surface area (Å²) in [5.41, 5.74) is 3.59. The Hall–Kier alpha value is -3.68. The molecule has 190 valence electrons. The highest BCUT2D eigenvalue weighted by molar-refractivity contribution is 5.94. The Morgan fingerprint density at radius 3 is 2.39 bits per heavy atom. The summed E-state index contributed by atoms with van der Waals surface area (Å²) < 4.78 is 1.94. The van der Waals surface area contributed by atoms with Gasteiger partial charge in [-0.2, -0.15) is 0 Å². The van der Waals surface area contributed by atoms with Crippen molar-refractivity contribution in [2.24, 2.45) is 5.92 Å². The summed E-state index contributed by atoms with van der Waals surface area (Å²) in [5, 5.41) is 15.1. The number of hydrogen-bond acceptors (Lipinski definition) is 5. The van der Waals surface area contributed by atoms with Gasteiger partial charge in [0.05, 0.1) is 30.0 Å². The molecule has 0 radical (unpaired) electrons. The minimum absolute atomic E-state index is 0.0179. The standard InChI is InChI=1S/C28H35N5O3/c1-28(2,3)23-17-33(18-31-23)24-13-12-22(16-30-24)32-26(19-6-4-5-7-19)20-8-10-21(11-9-20)27(36)29-15-14-25(34)35/h8-13,16-19,26,32H,4-7,14-15H2,1-3H3,(H,29,36)(H,34,35). The summed E-state index contributed by atoms with van der Waals surface area (Å²) in [7, 11) is 0. The number of benzene rings is 1. The lowest BCUT2D eigenvalue weighted by Crippen LogP contribution is -2.26. The normalized spacial score (nSPS) is 15.0. The van der Waals surface area contributed by atoms with Crippen molar-refractivity contribution in [2.45, 2.75) is 64.3 Å². The van der Waals surface area contributed by atoms with Gasteiger partial charge in [-0.05, 0) is 48.6 Å². The molecule has 1 aliphatic carbocycles. The molecule has 4 rings (SSSR count). The number of nitrogens with zero attached hydrogens (tertiary/aromatic N) is 3. The lowest BCUT2D eigenvalue weighted by Gasteiger charge is -2.26. The molecule has 0 saturated heterocycles. The molecule has 1 amide bonds. The average molecular weight is 490 g/mol. The van der Waals surface area contributed by atoms with Crippen molar-refractivity contribution in [3.05, 3.63) is 71.9 Å². The van der Waals surface area contributed by atoms with Gasteiger partial charge in [0.25, 0.3) is 5.91 Å². The maximum atomic E-state index is 12.3. The highest BCUT2D eigenvalue weighted by atomic mass is 16.4. The van der Waals surface area contributed by atoms with E-state index >= 15 is 0 Å². The van der Waals surface area contributed by atoms with E-state index in [1.54, 1.807) is 6.33 Å². The smallest absolute Gasteiger partial charge is 0.305 e. The second kappa shape index (κ2) is 10.9. The van der Waals surface area contributed by atoms with Crippen LogP contribution in [0.2, 0.25) is 0 Å². The summed E-state index contributed by atoms with van der Waals surface area (Å²) in [6, 6.07) is 11.8. The van der Waals surface area contributed by atoms with Gasteiger partial charge in [0.15, 0.2) is 0 Å². The van der Waals surface area contributed by atoms with Crippen molar-refractivity contribution in [1.82, 2.24) is 19.9 Å². The monoisotopic (exact) mass is 489 g/mol. The zero-order valence-electron chi connectivity index (χ0n) is 21.2. The summed E-state index contributed by atoms with van der Waals surface area (Å²) in [6.45, 7) is 6.53. The van der Waals surface area contributed by atoms with Crippen molar-refractivity contribution in [1.29, 1.82) is 0 Å². The highest BCUT2D eigenvalue weighted by Gasteiger charge is 2.27. The van der Waals surface area contributed by atoms with Gasteiger partial charge in [-0.3, -0.25) is 14.2 Å². The second-order valence-electron chi connectivity index (χ2n) is 10.5. The van der Waals surface area contributed by atoms with Gasteiger partial charge in [-0.25, -0.2) is 9.97 Å². The minimum atomic E-state index is -0.932. The summed E-state index contributed by atoms with van der Waals surface area (Å²) in [5.74, 6) is 0.127. The van der Waals surface area contributed by atoms with Gasteiger partial charge in [-0.1, -0.05) is 45.7 Å². The van der Waals surface area contributed by atoms with Crippen molar-refractivity contribution in [2.75, 3.05) is 11.9 Å². The third-order valence-corrected chi connectivity index (χ3v) is 6.71. The number of imidazole rings is 1. The Morgan fingerprint density at radius 1 is 1.08 bits per heavy atom. The number of aliphatic carboxylic acids is 1. The molecule has 2 heterocycles. The molecule has 0 aliphatic heterocycles. The molecule has 3 aromatic rings. The first-order valence-corrected chi connectivity index (χ1v) is 12.6. The number of hydrogen-bond donors (Lipinski definition) is 3. The molecule has 1 aromatic carbocycles. The van der Waals surface area contributed by atoms with E-state index < -0.39 is 5.97 Å². The van der Waals surface area contributed by atoms with Crippen LogP contribution in [0.3, 0.4) is 0 Å². The average Bonchev–Trinajstić information content (AvgIpc) is 3.55. The maximum Gasteiger partial charge on any atom is 0.305 e. The Kier molecular flexibility index (Phi) is 7.72. The predicted molar refractivity (Wildman–Crippen MR) is 139 cm³/mol. The van der Waals surface area contributed by atoms with Gasteiger partial charge in [-0.15, -0.1) is 0 Å². The topological polar surface area (TPSA) is 109 Å². The Balaban J connectivity index is 1.47. The zero-order valence-corrected chi connectivity index (χ0v) is 21.2. The number of rotatable bonds is 9. The number of aromatic nitrogens is 3. The number of pyridine rings is 1. The molecule has 0 bridgehead atoms. The van der Waals surface area contributed by atoms with Crippen LogP contribution in [0, 0.1) is 5.92 Å². The zero-order chi connectivity index (χ0) is 25.7. The molecule has 1 unspecified atom stereocenters. The SMILES string of the molecule is CC(C)(C)c1cn(-c2ccc(NC(c3ccc(C(=O)NCCC(=O)O)cc3)C3CCCC3)cn2)cn1. The van der Waals surface area contributed by atoms with Gasteiger partial charge in [0, 0.05) is 23.7 Å². The van der Waals surface area contributed by atoms with Crippen LogP contribution >= 0.6 is 0 Å². The van der Waals surface area contributed by atoms with Crippen LogP contribution < -0.4 is 10.6 Å². The van der Waals surface area contributed by atoms with Gasteiger partial charge >= 0.3 is 5.97 Å². The van der Waals surface area contributed by atoms with Crippen molar-refractivity contribution in [3.63, 3.8) is 0 Å². The number of carboxylic acids is 1. The summed E-state index contributed by atoms with van der Waals surface area (Å²) >= 11 is 0. The molecule has 3 N–H and O–H groups in total. The predicted octanol–water partition coefficient (Wildman–Crippen LogP) is 5.11. The van der Waals surface area contributed by atoms with E-state index in [0.29, 0.717) is 11.5 Å². The quantitative estimate of drug-likeness (QED) is 0.385. The van der Waals surface area contributed by atoms with E-state index in [-0.39, 0.29) is 30.3 Å². The molecule has 8 heteroatoms. The van der Waals surface area contributed by atoms with Crippen LogP contribution in [0.4, 0.5) is 5.69 Å². The van der Waals surface area contributed by atoms with E-state index in [1.807, 2.05) is 53.4 Å². The number of anilines is 1. The van der Waals surface area contributed by atoms with Crippen LogP contribution in [0.15, 0.2) is 55.1 Å². The molecular formula is C28H35N5O3. The lowest BCUT2D eigenvalue weighted by atomic mass is 9.91. The van der Waals surface area contributed by atoms with Gasteiger partial charge < -0.3 is 15.7 Å². The Bertz CT molecular complexity index is 1170. The summed E-state index contributed by atoms with van der Waals surface area (Å²) in [6.07, 6.45) is 10.4. The molecule has 36 heavy (non-hydrogen) atoms. The first-order chi connectivity index (χ1) is 17.2. The number of carbonyl (C=O) groups excluding carboxylic acids is 1. The van der Waals surface area contributed by atoms with E-state index in [1.165, 1.54) is 12.8 Å². The molecule has 1 aliphatic rings. The van der Waals surface area contributed by atoms with Crippen LogP contribution in [0.1, 0.15) is 80.5 Å². The third-order valence-electron chi connectivity index (χ3n) is 6.71. The van der Waals surface area contributed by atoms with Gasteiger partial charge in [0.2, 0.25) is 0 Å². The van der Waals surface area contributed by atoms with Crippen molar-refractivity contribution < 1.29 is 14.7 Å². The maximum absolute atomic E-state index is 12.3. The largest absolute Gasteiger partial charge is 0.481 e. The molecule has 2 aromatic heterocycles. The molecule has 1 fully saturated rings. The van der Waals surface area contributed by atoms with E-state index in [0.717, 1.165) is 35.6 Å². The Labute approximate surface area is 212 Å². The van der Waals surface area contributed by atoms with Crippen LogP contribution in [0.5, 0.6) is 0 Å². The number of nitrogens with one attached hydrogen (secondary N) is 2. The number of carboxylic acid groups (broad SMARTS) is 1. The second-order valence-corrected chi connectivity index (χ2v) is 10.5. The number of amides is 1. The van der Waals surface area contributed by atoms with Crippen LogP contribution in [-0.4, -0.2) is 38.1 Å². The van der Waals surface area contributed by atoms with Gasteiger partial charge in [0.1, 0.15) is 12.1 Å². The van der Waals surface area contributed by atoms with Crippen LogP contribution in [-0.2, 0) is 10.2 Å². The fourth-order valence-electron chi connectivity index (χ4n) is 4.63. The fourth-order valence-corrected chi connectivity index (χ4v) is 4.63. The molecule has 1 atom stereocenters. The lowest BCUT2D eigenvalue weighted by molar-refractivity contribution is -0.136. The highest BCUT2D eigenvalue weighted by Crippen LogP contribution is 2.38. The molecule has 8 nitrogen and oxygen atoms in total. The van der Waals surface area contributed by atoms with Crippen molar-refractivity contribution in [3.8, 4) is 5.82 Å². The molecular weight excluding hydrogens is 454 g/mol. The Morgan fingerprint density at radius 2 is 1.81 bits per heavy atom. The van der Waals surface area contributed by atoms with Crippen molar-refractivity contribution >= 4 is 17.6 Å². The third kappa shape index (κ3) is 6.30. The number of carbonyl (C=O) groups is 2. The van der Waals surface area contributed by atoms with E-state index in [9.17, 15) is 9.59 Å². The fraction of sp³-hybridized carbons (Fsp3) is 0.429. The van der Waals surface area contributed by atoms with E-state index in [2.05, 4.69) is 41.4 Å². The molecule has 1 saturated carbocycles. The first kappa shape index (κ1) is 25.4. The van der Waals surface area contributed by atoms with E-state index in [4.69, 9.17) is 5.11 Å². The minimum Gasteiger partial charge on any atom is -0.481 e. The van der Waals surface area contributed by atoms with Crippen LogP contribution in [0.25, 0.3) is 5.82 Å². The first-order valence-electron chi connectivity index (χ1n) is 12.6. The summed E-state index contributed by atoms with van der Waals surface area (Å²) in [4.78, 5) is 32.2.